The second kappa shape index (κ2) is 12.8. The molecule has 0 bridgehead atoms. The van der Waals surface area contributed by atoms with Crippen molar-refractivity contribution in [2.24, 2.45) is 4.99 Å². The molecule has 0 aromatic heterocycles. The Labute approximate surface area is 226 Å². The average molecular weight is 520 g/mol. The van der Waals surface area contributed by atoms with Gasteiger partial charge in [0, 0.05) is 45.5 Å². The summed E-state index contributed by atoms with van der Waals surface area (Å²) in [6.07, 6.45) is 7.40. The van der Waals surface area contributed by atoms with Gasteiger partial charge in [0.2, 0.25) is 5.96 Å². The third-order valence-electron chi connectivity index (χ3n) is 7.57. The van der Waals surface area contributed by atoms with Crippen molar-refractivity contribution in [3.05, 3.63) is 59.7 Å². The smallest absolute Gasteiger partial charge is 0.316 e. The lowest BCUT2D eigenvalue weighted by Crippen LogP contribution is -2.47. The van der Waals surface area contributed by atoms with Gasteiger partial charge < -0.3 is 24.8 Å². The maximum absolute atomic E-state index is 12.6. The predicted octanol–water partition coefficient (Wildman–Crippen LogP) is 5.44. The molecule has 2 amide bonds. The summed E-state index contributed by atoms with van der Waals surface area (Å²) in [5.41, 5.74) is 4.25. The van der Waals surface area contributed by atoms with Crippen LogP contribution in [0.1, 0.15) is 68.0 Å². The van der Waals surface area contributed by atoms with Gasteiger partial charge in [-0.2, -0.15) is 0 Å². The Morgan fingerprint density at radius 1 is 1.03 bits per heavy atom. The zero-order valence-electron chi connectivity index (χ0n) is 23.2. The van der Waals surface area contributed by atoms with Crippen molar-refractivity contribution < 1.29 is 14.3 Å². The van der Waals surface area contributed by atoms with E-state index in [1.807, 2.05) is 31.3 Å². The number of rotatable bonds is 8. The summed E-state index contributed by atoms with van der Waals surface area (Å²) in [5, 5.41) is 2.92. The van der Waals surface area contributed by atoms with Crippen LogP contribution in [0.4, 0.5) is 16.2 Å². The second-order valence-electron chi connectivity index (χ2n) is 10.5. The molecule has 38 heavy (non-hydrogen) atoms. The Morgan fingerprint density at radius 2 is 1.74 bits per heavy atom. The number of methoxy groups -OCH3 is 1. The number of amides is 2. The van der Waals surface area contributed by atoms with Gasteiger partial charge in [-0.05, 0) is 48.9 Å². The van der Waals surface area contributed by atoms with Crippen LogP contribution in [-0.2, 0) is 9.53 Å². The van der Waals surface area contributed by atoms with Gasteiger partial charge in [0.15, 0.2) is 0 Å². The Hall–Kier alpha value is -3.55. The Balaban J connectivity index is 1.63. The number of benzene rings is 2. The number of aliphatic imine (C=N–C) groups is 1. The zero-order chi connectivity index (χ0) is 27.1. The van der Waals surface area contributed by atoms with Crippen LogP contribution in [-0.4, -0.2) is 69.1 Å². The van der Waals surface area contributed by atoms with Crippen LogP contribution in [0.5, 0.6) is 0 Å². The summed E-state index contributed by atoms with van der Waals surface area (Å²) < 4.78 is 5.10. The van der Waals surface area contributed by atoms with Crippen molar-refractivity contribution in [2.75, 3.05) is 46.2 Å². The minimum absolute atomic E-state index is 0.102. The molecule has 1 saturated carbocycles. The standard InChI is InChI=1S/C30H41N5O3/c1-33(2)30(37)31-19-10-20-34(3)29-32-26-14-9-8-13-25(26)27(21-28(36)38-4)35(29)24-17-15-23(16-18-24)22-11-6-5-7-12-22/h8-9,13-18,22,27H,5-7,10-12,19-21H2,1-4H3,(H,31,37). The molecule has 0 spiro atoms. The second-order valence-corrected chi connectivity index (χ2v) is 10.5. The van der Waals surface area contributed by atoms with Crippen LogP contribution in [0.2, 0.25) is 0 Å². The number of hydrogen-bond acceptors (Lipinski definition) is 6. The van der Waals surface area contributed by atoms with Gasteiger partial charge in [0.05, 0.1) is 25.3 Å². The topological polar surface area (TPSA) is 77.5 Å². The molecule has 1 N–H and O–H groups in total. The van der Waals surface area contributed by atoms with Crippen molar-refractivity contribution in [2.45, 2.75) is 56.9 Å². The molecule has 0 saturated heterocycles. The molecule has 2 aliphatic rings. The van der Waals surface area contributed by atoms with Crippen molar-refractivity contribution in [1.82, 2.24) is 15.1 Å². The lowest BCUT2D eigenvalue weighted by Gasteiger charge is -2.41. The van der Waals surface area contributed by atoms with E-state index in [1.165, 1.54) is 49.7 Å². The summed E-state index contributed by atoms with van der Waals surface area (Å²) in [4.78, 5) is 35.4. The lowest BCUT2D eigenvalue weighted by molar-refractivity contribution is -0.141. The van der Waals surface area contributed by atoms with Crippen LogP contribution in [0.15, 0.2) is 53.5 Å². The Bertz CT molecular complexity index is 1120. The molecule has 8 heteroatoms. The number of carbonyl (C=O) groups excluding carboxylic acids is 2. The highest BCUT2D eigenvalue weighted by molar-refractivity contribution is 6.01. The highest BCUT2D eigenvalue weighted by atomic mass is 16.5. The van der Waals surface area contributed by atoms with E-state index in [1.54, 1.807) is 14.1 Å². The number of anilines is 1. The maximum atomic E-state index is 12.6. The zero-order valence-corrected chi connectivity index (χ0v) is 23.2. The van der Waals surface area contributed by atoms with Gasteiger partial charge in [-0.3, -0.25) is 4.79 Å². The molecule has 204 valence electrons. The number of urea groups is 1. The summed E-state index contributed by atoms with van der Waals surface area (Å²) >= 11 is 0. The minimum atomic E-state index is -0.260. The van der Waals surface area contributed by atoms with Crippen LogP contribution >= 0.6 is 0 Å². The molecule has 1 heterocycles. The first kappa shape index (κ1) is 27.5. The van der Waals surface area contributed by atoms with Crippen LogP contribution < -0.4 is 10.2 Å². The summed E-state index contributed by atoms with van der Waals surface area (Å²) in [6.45, 7) is 1.25. The number of fused-ring (bicyclic) bond motifs is 1. The molecule has 1 fully saturated rings. The molecule has 1 aliphatic heterocycles. The largest absolute Gasteiger partial charge is 0.469 e. The Kier molecular flexibility index (Phi) is 9.26. The molecule has 2 aromatic rings. The van der Waals surface area contributed by atoms with Gasteiger partial charge in [0.1, 0.15) is 0 Å². The SMILES string of the molecule is COC(=O)CC1c2ccccc2N=C(N(C)CCCNC(=O)N(C)C)N1c1ccc(C2CCCCC2)cc1. The fraction of sp³-hybridized carbons (Fsp3) is 0.500. The number of para-hydroxylation sites is 1. The summed E-state index contributed by atoms with van der Waals surface area (Å²) in [5.74, 6) is 1.14. The van der Waals surface area contributed by atoms with Gasteiger partial charge in [-0.15, -0.1) is 0 Å². The van der Waals surface area contributed by atoms with Crippen molar-refractivity contribution in [1.29, 1.82) is 0 Å². The monoisotopic (exact) mass is 519 g/mol. The number of esters is 1. The Morgan fingerprint density at radius 3 is 2.42 bits per heavy atom. The van der Waals surface area contributed by atoms with Gasteiger partial charge in [0.25, 0.3) is 0 Å². The molecule has 1 unspecified atom stereocenters. The summed E-state index contributed by atoms with van der Waals surface area (Å²) in [6, 6.07) is 16.5. The highest BCUT2D eigenvalue weighted by Crippen LogP contribution is 2.41. The van der Waals surface area contributed by atoms with Crippen molar-refractivity contribution in [3.63, 3.8) is 0 Å². The molecular weight excluding hydrogens is 478 g/mol. The molecule has 2 aromatic carbocycles. The van der Waals surface area contributed by atoms with E-state index in [9.17, 15) is 9.59 Å². The molecule has 0 radical (unpaired) electrons. The third kappa shape index (κ3) is 6.47. The average Bonchev–Trinajstić information content (AvgIpc) is 2.95. The highest BCUT2D eigenvalue weighted by Gasteiger charge is 2.35. The van der Waals surface area contributed by atoms with Crippen LogP contribution in [0.25, 0.3) is 0 Å². The molecule has 1 atom stereocenters. The van der Waals surface area contributed by atoms with E-state index < -0.39 is 0 Å². The van der Waals surface area contributed by atoms with Crippen LogP contribution in [0.3, 0.4) is 0 Å². The van der Waals surface area contributed by atoms with Crippen molar-refractivity contribution in [3.8, 4) is 0 Å². The number of nitrogens with zero attached hydrogens (tertiary/aromatic N) is 4. The van der Waals surface area contributed by atoms with E-state index in [0.717, 1.165) is 29.3 Å². The normalized spacial score (nSPS) is 17.3. The van der Waals surface area contributed by atoms with E-state index in [-0.39, 0.29) is 24.5 Å². The number of hydrogen-bond donors (Lipinski definition) is 1. The maximum Gasteiger partial charge on any atom is 0.316 e. The number of nitrogens with one attached hydrogen (secondary N) is 1. The van der Waals surface area contributed by atoms with Crippen molar-refractivity contribution >= 4 is 29.3 Å². The van der Waals surface area contributed by atoms with Gasteiger partial charge in [-0.25, -0.2) is 9.79 Å². The number of guanidine groups is 1. The molecule has 1 aliphatic carbocycles. The van der Waals surface area contributed by atoms with Crippen LogP contribution in [0, 0.1) is 0 Å². The van der Waals surface area contributed by atoms with E-state index in [4.69, 9.17) is 9.73 Å². The number of carbonyl (C=O) groups is 2. The van der Waals surface area contributed by atoms with Gasteiger partial charge >= 0.3 is 12.0 Å². The van der Waals surface area contributed by atoms with Gasteiger partial charge in [-0.1, -0.05) is 49.6 Å². The predicted molar refractivity (Wildman–Crippen MR) is 152 cm³/mol. The molecule has 4 rings (SSSR count). The van der Waals surface area contributed by atoms with E-state index >= 15 is 0 Å². The summed E-state index contributed by atoms with van der Waals surface area (Å²) in [7, 11) is 6.91. The third-order valence-corrected chi connectivity index (χ3v) is 7.57. The molecule has 8 nitrogen and oxygen atoms in total. The van der Waals surface area contributed by atoms with E-state index in [2.05, 4.69) is 39.4 Å². The first-order chi connectivity index (χ1) is 18.4. The first-order valence-corrected chi connectivity index (χ1v) is 13.7. The lowest BCUT2D eigenvalue weighted by atomic mass is 9.84. The first-order valence-electron chi connectivity index (χ1n) is 13.7. The minimum Gasteiger partial charge on any atom is -0.469 e. The fourth-order valence-corrected chi connectivity index (χ4v) is 5.43. The van der Waals surface area contributed by atoms with E-state index in [0.29, 0.717) is 19.0 Å². The number of ether oxygens (including phenoxy) is 1. The molecular formula is C30H41N5O3. The fourth-order valence-electron chi connectivity index (χ4n) is 5.43. The quantitative estimate of drug-likeness (QED) is 0.371.